The Balaban J connectivity index is 1.58. The largest absolute Gasteiger partial charge is 0.457 e. The summed E-state index contributed by atoms with van der Waals surface area (Å²) in [6, 6.07) is 18.5. The van der Waals surface area contributed by atoms with Crippen LogP contribution in [0.1, 0.15) is 25.0 Å². The number of halogens is 2. The Kier molecular flexibility index (Phi) is 8.79. The van der Waals surface area contributed by atoms with E-state index in [0.717, 1.165) is 16.7 Å². The van der Waals surface area contributed by atoms with E-state index in [1.165, 1.54) is 43.3 Å². The standard InChI is InChI=1S/C29H26F2O6/c1-19(2)27(32)34-17-21-5-7-22(8-6-21)23-9-11-24(12-10-23)29(30,31)37-26-15-13-25(14-16-26)35-18-36-28(33)20(3)4/h5-16H,1,3,17-18H2,2,4H3. The third-order valence-corrected chi connectivity index (χ3v) is 5.06. The minimum atomic E-state index is -3.57. The Labute approximate surface area is 213 Å². The van der Waals surface area contributed by atoms with Crippen molar-refractivity contribution in [3.05, 3.63) is 108 Å². The number of carbonyl (C=O) groups is 2. The van der Waals surface area contributed by atoms with Crippen LogP contribution in [0.15, 0.2) is 97.1 Å². The molecule has 0 unspecified atom stereocenters. The zero-order chi connectivity index (χ0) is 27.0. The number of hydrogen-bond acceptors (Lipinski definition) is 6. The summed E-state index contributed by atoms with van der Waals surface area (Å²) >= 11 is 0. The molecule has 0 heterocycles. The van der Waals surface area contributed by atoms with E-state index in [9.17, 15) is 18.4 Å². The highest BCUT2D eigenvalue weighted by Crippen LogP contribution is 2.33. The molecule has 0 aromatic heterocycles. The molecular weight excluding hydrogens is 482 g/mol. The lowest BCUT2D eigenvalue weighted by molar-refractivity contribution is -0.185. The first kappa shape index (κ1) is 27.1. The lowest BCUT2D eigenvalue weighted by Gasteiger charge is -2.19. The first-order valence-corrected chi connectivity index (χ1v) is 11.2. The number of ether oxygens (including phenoxy) is 4. The topological polar surface area (TPSA) is 71.1 Å². The highest BCUT2D eigenvalue weighted by Gasteiger charge is 2.34. The highest BCUT2D eigenvalue weighted by molar-refractivity contribution is 5.87. The molecule has 3 aromatic carbocycles. The second-order valence-corrected chi connectivity index (χ2v) is 8.20. The second kappa shape index (κ2) is 12.0. The van der Waals surface area contributed by atoms with Crippen LogP contribution in [-0.2, 0) is 31.8 Å². The predicted octanol–water partition coefficient (Wildman–Crippen LogP) is 6.56. The van der Waals surface area contributed by atoms with Gasteiger partial charge in [-0.15, -0.1) is 0 Å². The molecule has 0 aliphatic heterocycles. The zero-order valence-electron chi connectivity index (χ0n) is 20.5. The number of rotatable bonds is 11. The van der Waals surface area contributed by atoms with E-state index < -0.39 is 18.0 Å². The molecule has 192 valence electrons. The molecule has 0 fully saturated rings. The van der Waals surface area contributed by atoms with E-state index in [1.54, 1.807) is 31.2 Å². The summed E-state index contributed by atoms with van der Waals surface area (Å²) in [5.41, 5.74) is 2.58. The molecule has 0 N–H and O–H groups in total. The molecule has 0 saturated carbocycles. The average Bonchev–Trinajstić information content (AvgIpc) is 2.88. The van der Waals surface area contributed by atoms with E-state index in [2.05, 4.69) is 13.2 Å². The number of alkyl halides is 2. The van der Waals surface area contributed by atoms with E-state index in [0.29, 0.717) is 11.3 Å². The van der Waals surface area contributed by atoms with Crippen molar-refractivity contribution in [3.8, 4) is 22.6 Å². The predicted molar refractivity (Wildman–Crippen MR) is 134 cm³/mol. The Morgan fingerprint density at radius 1 is 0.730 bits per heavy atom. The molecule has 0 atom stereocenters. The molecule has 0 radical (unpaired) electrons. The fraction of sp³-hybridized carbons (Fsp3) is 0.172. The van der Waals surface area contributed by atoms with Crippen molar-refractivity contribution in [2.24, 2.45) is 0 Å². The van der Waals surface area contributed by atoms with Crippen LogP contribution in [0.4, 0.5) is 8.78 Å². The van der Waals surface area contributed by atoms with Gasteiger partial charge in [0, 0.05) is 11.1 Å². The number of esters is 2. The van der Waals surface area contributed by atoms with Crippen LogP contribution in [0.5, 0.6) is 11.5 Å². The lowest BCUT2D eigenvalue weighted by Crippen LogP contribution is -2.21. The van der Waals surface area contributed by atoms with E-state index in [-0.39, 0.29) is 30.3 Å². The summed E-state index contributed by atoms with van der Waals surface area (Å²) in [5.74, 6) is -0.809. The van der Waals surface area contributed by atoms with Gasteiger partial charge in [0.25, 0.3) is 0 Å². The Morgan fingerprint density at radius 2 is 1.22 bits per heavy atom. The molecule has 8 heteroatoms. The number of hydrogen-bond donors (Lipinski definition) is 0. The minimum Gasteiger partial charge on any atom is -0.457 e. The molecule has 0 aliphatic rings. The van der Waals surface area contributed by atoms with E-state index in [1.807, 2.05) is 12.1 Å². The highest BCUT2D eigenvalue weighted by atomic mass is 19.3. The summed E-state index contributed by atoms with van der Waals surface area (Å²) in [6.07, 6.45) is -3.57. The summed E-state index contributed by atoms with van der Waals surface area (Å²) in [6.45, 7) is 9.85. The first-order valence-electron chi connectivity index (χ1n) is 11.2. The van der Waals surface area contributed by atoms with Gasteiger partial charge in [-0.1, -0.05) is 49.6 Å². The van der Waals surface area contributed by atoms with Gasteiger partial charge in [0.1, 0.15) is 18.1 Å². The third kappa shape index (κ3) is 7.76. The summed E-state index contributed by atoms with van der Waals surface area (Å²) < 4.78 is 49.6. The van der Waals surface area contributed by atoms with Crippen LogP contribution in [-0.4, -0.2) is 18.7 Å². The van der Waals surface area contributed by atoms with Gasteiger partial charge >= 0.3 is 18.0 Å². The van der Waals surface area contributed by atoms with Crippen LogP contribution in [0.25, 0.3) is 11.1 Å². The smallest absolute Gasteiger partial charge is 0.426 e. The normalized spacial score (nSPS) is 10.8. The number of benzene rings is 3. The van der Waals surface area contributed by atoms with Gasteiger partial charge in [-0.05, 0) is 66.9 Å². The van der Waals surface area contributed by atoms with Gasteiger partial charge < -0.3 is 18.9 Å². The molecule has 3 aromatic rings. The van der Waals surface area contributed by atoms with E-state index >= 15 is 0 Å². The first-order chi connectivity index (χ1) is 17.5. The fourth-order valence-corrected chi connectivity index (χ4v) is 3.01. The van der Waals surface area contributed by atoms with E-state index in [4.69, 9.17) is 18.9 Å². The SMILES string of the molecule is C=C(C)C(=O)OCOc1ccc(OC(F)(F)c2ccc(-c3ccc(COC(=O)C(=C)C)cc3)cc2)cc1. The van der Waals surface area contributed by atoms with Crippen LogP contribution in [0, 0.1) is 0 Å². The minimum absolute atomic E-state index is 0.0664. The lowest BCUT2D eigenvalue weighted by atomic mass is 10.0. The van der Waals surface area contributed by atoms with Crippen LogP contribution >= 0.6 is 0 Å². The van der Waals surface area contributed by atoms with Gasteiger partial charge in [0.2, 0.25) is 6.79 Å². The molecule has 37 heavy (non-hydrogen) atoms. The summed E-state index contributed by atoms with van der Waals surface area (Å²) in [5, 5.41) is 0. The quantitative estimate of drug-likeness (QED) is 0.166. The summed E-state index contributed by atoms with van der Waals surface area (Å²) in [7, 11) is 0. The maximum atomic E-state index is 14.7. The van der Waals surface area contributed by atoms with Gasteiger partial charge in [0.15, 0.2) is 0 Å². The van der Waals surface area contributed by atoms with Crippen LogP contribution < -0.4 is 9.47 Å². The average molecular weight is 509 g/mol. The zero-order valence-corrected chi connectivity index (χ0v) is 20.5. The van der Waals surface area contributed by atoms with Gasteiger partial charge in [-0.25, -0.2) is 9.59 Å². The maximum absolute atomic E-state index is 14.7. The molecule has 0 aliphatic carbocycles. The fourth-order valence-electron chi connectivity index (χ4n) is 3.01. The van der Waals surface area contributed by atoms with Crippen molar-refractivity contribution in [2.75, 3.05) is 6.79 Å². The molecule has 0 saturated heterocycles. The maximum Gasteiger partial charge on any atom is 0.426 e. The second-order valence-electron chi connectivity index (χ2n) is 8.20. The third-order valence-electron chi connectivity index (χ3n) is 5.06. The molecular formula is C29H26F2O6. The Hall–Kier alpha value is -4.46. The molecule has 0 amide bonds. The van der Waals surface area contributed by atoms with Crippen molar-refractivity contribution in [3.63, 3.8) is 0 Å². The van der Waals surface area contributed by atoms with Crippen molar-refractivity contribution < 1.29 is 37.3 Å². The van der Waals surface area contributed by atoms with Gasteiger partial charge in [-0.3, -0.25) is 0 Å². The summed E-state index contributed by atoms with van der Waals surface area (Å²) in [4.78, 5) is 22.8. The van der Waals surface area contributed by atoms with Crippen molar-refractivity contribution in [2.45, 2.75) is 26.6 Å². The Morgan fingerprint density at radius 3 is 1.76 bits per heavy atom. The molecule has 0 bridgehead atoms. The van der Waals surface area contributed by atoms with Gasteiger partial charge in [-0.2, -0.15) is 8.78 Å². The van der Waals surface area contributed by atoms with Crippen molar-refractivity contribution in [1.82, 2.24) is 0 Å². The molecule has 3 rings (SSSR count). The van der Waals surface area contributed by atoms with Crippen molar-refractivity contribution in [1.29, 1.82) is 0 Å². The molecule has 6 nitrogen and oxygen atoms in total. The molecule has 0 spiro atoms. The van der Waals surface area contributed by atoms with Gasteiger partial charge in [0.05, 0.1) is 5.56 Å². The Bertz CT molecular complexity index is 1260. The van der Waals surface area contributed by atoms with Crippen LogP contribution in [0.3, 0.4) is 0 Å². The van der Waals surface area contributed by atoms with Crippen LogP contribution in [0.2, 0.25) is 0 Å². The number of carbonyl (C=O) groups excluding carboxylic acids is 2. The van der Waals surface area contributed by atoms with Crippen molar-refractivity contribution >= 4 is 11.9 Å². The monoisotopic (exact) mass is 508 g/mol.